The van der Waals surface area contributed by atoms with Crippen molar-refractivity contribution in [3.63, 3.8) is 0 Å². The second-order valence-electron chi connectivity index (χ2n) is 3.23. The number of rotatable bonds is 3. The Balaban J connectivity index is 2.05. The van der Waals surface area contributed by atoms with Gasteiger partial charge in [0.2, 0.25) is 0 Å². The smallest absolute Gasteiger partial charge is 0.281 e. The van der Waals surface area contributed by atoms with E-state index in [1.54, 1.807) is 4.57 Å². The zero-order chi connectivity index (χ0) is 10.7. The fraction of sp³-hybridized carbons (Fsp3) is 0.200. The Labute approximate surface area is 95.1 Å². The summed E-state index contributed by atoms with van der Waals surface area (Å²) in [4.78, 5) is 11.1. The van der Waals surface area contributed by atoms with Gasteiger partial charge in [-0.3, -0.25) is 4.57 Å². The van der Waals surface area contributed by atoms with Gasteiger partial charge in [0.25, 0.3) is 0 Å². The molecule has 0 bridgehead atoms. The fourth-order valence-corrected chi connectivity index (χ4v) is 1.82. The summed E-state index contributed by atoms with van der Waals surface area (Å²) in [6.45, 7) is 0.645. The van der Waals surface area contributed by atoms with Crippen LogP contribution < -0.4 is 5.69 Å². The van der Waals surface area contributed by atoms with E-state index in [0.29, 0.717) is 6.54 Å². The third-order valence-electron chi connectivity index (χ3n) is 2.15. The van der Waals surface area contributed by atoms with Crippen molar-refractivity contribution in [2.45, 2.75) is 13.0 Å². The van der Waals surface area contributed by atoms with Crippen molar-refractivity contribution in [3.8, 4) is 0 Å². The van der Waals surface area contributed by atoms with Gasteiger partial charge in [-0.25, -0.2) is 9.89 Å². The molecular weight excluding hydrogens is 258 g/mol. The van der Waals surface area contributed by atoms with E-state index in [4.69, 9.17) is 0 Å². The van der Waals surface area contributed by atoms with E-state index < -0.39 is 0 Å². The van der Waals surface area contributed by atoms with Crippen LogP contribution in [0, 0.1) is 0 Å². The monoisotopic (exact) mass is 267 g/mol. The van der Waals surface area contributed by atoms with E-state index in [2.05, 4.69) is 26.1 Å². The molecule has 15 heavy (non-hydrogen) atoms. The number of nitrogens with zero attached hydrogens (tertiary/aromatic N) is 2. The lowest BCUT2D eigenvalue weighted by atomic mass is 10.1. The van der Waals surface area contributed by atoms with Gasteiger partial charge in [0.05, 0.1) is 0 Å². The van der Waals surface area contributed by atoms with E-state index in [0.717, 1.165) is 10.9 Å². The van der Waals surface area contributed by atoms with Gasteiger partial charge in [-0.15, -0.1) is 0 Å². The standard InChI is InChI=1S/C10H10BrN3O/c11-9-3-1-2-8(6-9)4-5-14-7-12-13-10(14)15/h1-3,6-7H,4-5H2,(H,13,15). The van der Waals surface area contributed by atoms with Crippen LogP contribution in [0.25, 0.3) is 0 Å². The first-order chi connectivity index (χ1) is 7.25. The zero-order valence-electron chi connectivity index (χ0n) is 7.98. The predicted octanol–water partition coefficient (Wildman–Crippen LogP) is 1.58. The Hall–Kier alpha value is -1.36. The Morgan fingerprint density at radius 3 is 3.00 bits per heavy atom. The molecule has 5 heteroatoms. The number of hydrogen-bond donors (Lipinski definition) is 1. The molecule has 0 amide bonds. The summed E-state index contributed by atoms with van der Waals surface area (Å²) in [7, 11) is 0. The molecule has 0 unspecified atom stereocenters. The molecule has 2 rings (SSSR count). The Morgan fingerprint density at radius 2 is 2.33 bits per heavy atom. The number of hydrogen-bond acceptors (Lipinski definition) is 2. The summed E-state index contributed by atoms with van der Waals surface area (Å²) in [6, 6.07) is 8.05. The molecule has 0 aliphatic carbocycles. The minimum absolute atomic E-state index is 0.162. The molecule has 0 spiro atoms. The molecule has 2 aromatic rings. The topological polar surface area (TPSA) is 50.7 Å². The number of benzene rings is 1. The number of halogens is 1. The quantitative estimate of drug-likeness (QED) is 0.918. The molecule has 0 aliphatic heterocycles. The molecule has 0 atom stereocenters. The zero-order valence-corrected chi connectivity index (χ0v) is 9.57. The van der Waals surface area contributed by atoms with Crippen LogP contribution in [0.2, 0.25) is 0 Å². The SMILES string of the molecule is O=c1[nH]ncn1CCc1cccc(Br)c1. The van der Waals surface area contributed by atoms with Crippen LogP contribution in [0.5, 0.6) is 0 Å². The third-order valence-corrected chi connectivity index (χ3v) is 2.64. The maximum absolute atomic E-state index is 11.1. The molecule has 0 saturated carbocycles. The van der Waals surface area contributed by atoms with Gasteiger partial charge in [0, 0.05) is 11.0 Å². The van der Waals surface area contributed by atoms with Crippen molar-refractivity contribution in [1.29, 1.82) is 0 Å². The lowest BCUT2D eigenvalue weighted by molar-refractivity contribution is 0.671. The van der Waals surface area contributed by atoms with Crippen LogP contribution in [0.3, 0.4) is 0 Å². The summed E-state index contributed by atoms with van der Waals surface area (Å²) in [5.74, 6) is 0. The number of H-pyrrole nitrogens is 1. The summed E-state index contributed by atoms with van der Waals surface area (Å²) in [6.07, 6.45) is 2.33. The average Bonchev–Trinajstić information content (AvgIpc) is 2.61. The highest BCUT2D eigenvalue weighted by Gasteiger charge is 1.98. The maximum atomic E-state index is 11.1. The normalized spacial score (nSPS) is 10.5. The van der Waals surface area contributed by atoms with Gasteiger partial charge >= 0.3 is 5.69 Å². The highest BCUT2D eigenvalue weighted by molar-refractivity contribution is 9.10. The van der Waals surface area contributed by atoms with E-state index in [-0.39, 0.29) is 5.69 Å². The first-order valence-electron chi connectivity index (χ1n) is 4.60. The summed E-state index contributed by atoms with van der Waals surface area (Å²) >= 11 is 3.41. The molecule has 1 N–H and O–H groups in total. The predicted molar refractivity (Wildman–Crippen MR) is 60.7 cm³/mol. The molecule has 0 fully saturated rings. The van der Waals surface area contributed by atoms with Gasteiger partial charge in [-0.1, -0.05) is 28.1 Å². The second kappa shape index (κ2) is 4.44. The molecule has 1 aromatic carbocycles. The van der Waals surface area contributed by atoms with Crippen molar-refractivity contribution >= 4 is 15.9 Å². The number of aryl methyl sites for hydroxylation is 2. The van der Waals surface area contributed by atoms with E-state index in [9.17, 15) is 4.79 Å². The number of nitrogens with one attached hydrogen (secondary N) is 1. The molecule has 4 nitrogen and oxygen atoms in total. The van der Waals surface area contributed by atoms with Crippen molar-refractivity contribution in [2.24, 2.45) is 0 Å². The first kappa shape index (κ1) is 10.2. The van der Waals surface area contributed by atoms with Crippen molar-refractivity contribution in [2.75, 3.05) is 0 Å². The minimum Gasteiger partial charge on any atom is -0.281 e. The minimum atomic E-state index is -0.162. The van der Waals surface area contributed by atoms with Crippen LogP contribution >= 0.6 is 15.9 Å². The summed E-state index contributed by atoms with van der Waals surface area (Å²) in [5.41, 5.74) is 1.03. The highest BCUT2D eigenvalue weighted by atomic mass is 79.9. The number of aromatic nitrogens is 3. The molecule has 0 aliphatic rings. The Morgan fingerprint density at radius 1 is 1.47 bits per heavy atom. The Bertz CT molecular complexity index is 503. The largest absolute Gasteiger partial charge is 0.343 e. The maximum Gasteiger partial charge on any atom is 0.343 e. The van der Waals surface area contributed by atoms with E-state index >= 15 is 0 Å². The van der Waals surface area contributed by atoms with E-state index in [1.807, 2.05) is 24.3 Å². The molecule has 78 valence electrons. The van der Waals surface area contributed by atoms with Crippen LogP contribution in [0.15, 0.2) is 39.9 Å². The highest BCUT2D eigenvalue weighted by Crippen LogP contribution is 2.12. The molecule has 1 aromatic heterocycles. The van der Waals surface area contributed by atoms with Gasteiger partial charge in [-0.05, 0) is 24.1 Å². The summed E-state index contributed by atoms with van der Waals surface area (Å²) in [5, 5.41) is 6.03. The average molecular weight is 268 g/mol. The molecule has 0 saturated heterocycles. The van der Waals surface area contributed by atoms with Gasteiger partial charge in [0.15, 0.2) is 0 Å². The molecule has 1 heterocycles. The van der Waals surface area contributed by atoms with Crippen LogP contribution in [0.4, 0.5) is 0 Å². The van der Waals surface area contributed by atoms with Gasteiger partial charge in [0.1, 0.15) is 6.33 Å². The van der Waals surface area contributed by atoms with Crippen LogP contribution in [0.1, 0.15) is 5.56 Å². The van der Waals surface area contributed by atoms with Crippen molar-refractivity contribution < 1.29 is 0 Å². The lowest BCUT2D eigenvalue weighted by Crippen LogP contribution is -2.17. The van der Waals surface area contributed by atoms with Crippen LogP contribution in [-0.2, 0) is 13.0 Å². The van der Waals surface area contributed by atoms with Crippen molar-refractivity contribution in [3.05, 3.63) is 51.1 Å². The second-order valence-corrected chi connectivity index (χ2v) is 4.15. The van der Waals surface area contributed by atoms with Crippen molar-refractivity contribution in [1.82, 2.24) is 14.8 Å². The van der Waals surface area contributed by atoms with Crippen LogP contribution in [-0.4, -0.2) is 14.8 Å². The van der Waals surface area contributed by atoms with E-state index in [1.165, 1.54) is 11.9 Å². The Kier molecular flexibility index (Phi) is 3.01. The fourth-order valence-electron chi connectivity index (χ4n) is 1.37. The van der Waals surface area contributed by atoms with Gasteiger partial charge < -0.3 is 0 Å². The molecular formula is C10H10BrN3O. The molecule has 0 radical (unpaired) electrons. The summed E-state index contributed by atoms with van der Waals surface area (Å²) < 4.78 is 2.61. The number of aromatic amines is 1. The first-order valence-corrected chi connectivity index (χ1v) is 5.39. The van der Waals surface area contributed by atoms with Gasteiger partial charge in [-0.2, -0.15) is 5.10 Å². The third kappa shape index (κ3) is 2.56. The lowest BCUT2D eigenvalue weighted by Gasteiger charge is -2.01.